The Kier molecular flexibility index (Phi) is 3.25. The molecule has 0 fully saturated rings. The summed E-state index contributed by atoms with van der Waals surface area (Å²) in [4.78, 5) is 8.37. The molecule has 3 aromatic rings. The molecule has 2 heterocycles. The van der Waals surface area contributed by atoms with Gasteiger partial charge < -0.3 is 4.74 Å². The van der Waals surface area contributed by atoms with Gasteiger partial charge in [-0.05, 0) is 29.8 Å². The normalized spacial score (nSPS) is 10.7. The molecule has 0 amide bonds. The summed E-state index contributed by atoms with van der Waals surface area (Å²) < 4.78 is 31.4. The number of hydrogen-bond donors (Lipinski definition) is 0. The minimum absolute atomic E-state index is 0.136. The lowest BCUT2D eigenvalue weighted by Gasteiger charge is -2.07. The molecule has 0 aliphatic carbocycles. The van der Waals surface area contributed by atoms with E-state index in [0.29, 0.717) is 11.3 Å². The zero-order valence-corrected chi connectivity index (χ0v) is 10.4. The number of hydrogen-bond acceptors (Lipinski definition) is 3. The van der Waals surface area contributed by atoms with Crippen LogP contribution in [0, 0.1) is 11.6 Å². The van der Waals surface area contributed by atoms with Gasteiger partial charge in [-0.25, -0.2) is 8.78 Å². The molecule has 20 heavy (non-hydrogen) atoms. The summed E-state index contributed by atoms with van der Waals surface area (Å²) in [5.74, 6) is -1.23. The molecule has 2 aromatic heterocycles. The zero-order valence-electron chi connectivity index (χ0n) is 10.4. The summed E-state index contributed by atoms with van der Waals surface area (Å²) in [7, 11) is 0. The van der Waals surface area contributed by atoms with Crippen LogP contribution in [0.4, 0.5) is 8.78 Å². The number of fused-ring (bicyclic) bond motifs is 1. The molecule has 0 unspecified atom stereocenters. The Balaban J connectivity index is 1.77. The van der Waals surface area contributed by atoms with Gasteiger partial charge in [0.2, 0.25) is 0 Å². The Labute approximate surface area is 113 Å². The van der Waals surface area contributed by atoms with Gasteiger partial charge in [0.15, 0.2) is 11.6 Å². The van der Waals surface area contributed by atoms with Crippen molar-refractivity contribution in [3.05, 3.63) is 66.0 Å². The van der Waals surface area contributed by atoms with E-state index in [4.69, 9.17) is 4.74 Å². The van der Waals surface area contributed by atoms with Crippen molar-refractivity contribution >= 4 is 11.0 Å². The minimum atomic E-state index is -0.885. The van der Waals surface area contributed by atoms with Crippen molar-refractivity contribution in [1.82, 2.24) is 9.97 Å². The molecule has 0 radical (unpaired) electrons. The highest BCUT2D eigenvalue weighted by Gasteiger charge is 2.04. The topological polar surface area (TPSA) is 35.0 Å². The van der Waals surface area contributed by atoms with Gasteiger partial charge in [0.1, 0.15) is 12.4 Å². The first-order valence-electron chi connectivity index (χ1n) is 6.00. The maximum absolute atomic E-state index is 13.1. The van der Waals surface area contributed by atoms with Gasteiger partial charge >= 0.3 is 0 Å². The van der Waals surface area contributed by atoms with Crippen LogP contribution in [0.25, 0.3) is 11.0 Å². The second-order valence-corrected chi connectivity index (χ2v) is 4.25. The molecular weight excluding hydrogens is 262 g/mol. The third-order valence-corrected chi connectivity index (χ3v) is 2.82. The third-order valence-electron chi connectivity index (χ3n) is 2.82. The highest BCUT2D eigenvalue weighted by molar-refractivity contribution is 5.74. The van der Waals surface area contributed by atoms with E-state index >= 15 is 0 Å². The van der Waals surface area contributed by atoms with Crippen LogP contribution >= 0.6 is 0 Å². The number of aromatic nitrogens is 2. The van der Waals surface area contributed by atoms with Gasteiger partial charge in [-0.3, -0.25) is 9.97 Å². The van der Waals surface area contributed by atoms with Gasteiger partial charge in [-0.2, -0.15) is 0 Å². The largest absolute Gasteiger partial charge is 0.487 e. The van der Waals surface area contributed by atoms with E-state index in [1.165, 1.54) is 6.07 Å². The van der Waals surface area contributed by atoms with Crippen LogP contribution in [-0.4, -0.2) is 9.97 Å². The van der Waals surface area contributed by atoms with E-state index < -0.39 is 11.6 Å². The van der Waals surface area contributed by atoms with Crippen molar-refractivity contribution in [3.8, 4) is 5.75 Å². The summed E-state index contributed by atoms with van der Waals surface area (Å²) in [6.07, 6.45) is 3.24. The molecule has 0 atom stereocenters. The number of benzene rings is 1. The molecule has 1 aromatic carbocycles. The lowest BCUT2D eigenvalue weighted by molar-refractivity contribution is 0.304. The standard InChI is InChI=1S/C15H10F2N2O/c16-12-4-3-10(6-13(12)17)9-20-11-7-15-14(19-8-11)2-1-5-18-15/h1-8H,9H2. The average molecular weight is 272 g/mol. The molecule has 0 saturated carbocycles. The van der Waals surface area contributed by atoms with Crippen LogP contribution in [0.5, 0.6) is 5.75 Å². The SMILES string of the molecule is Fc1ccc(COc2cnc3cccnc3c2)cc1F. The highest BCUT2D eigenvalue weighted by atomic mass is 19.2. The fraction of sp³-hybridized carbons (Fsp3) is 0.0667. The smallest absolute Gasteiger partial charge is 0.159 e. The van der Waals surface area contributed by atoms with Crippen LogP contribution in [0.2, 0.25) is 0 Å². The fourth-order valence-electron chi connectivity index (χ4n) is 1.81. The predicted molar refractivity (Wildman–Crippen MR) is 70.2 cm³/mol. The molecule has 0 spiro atoms. The van der Waals surface area contributed by atoms with Gasteiger partial charge in [-0.15, -0.1) is 0 Å². The second kappa shape index (κ2) is 5.21. The molecule has 0 aliphatic rings. The monoisotopic (exact) mass is 272 g/mol. The van der Waals surface area contributed by atoms with Crippen molar-refractivity contribution in [1.29, 1.82) is 0 Å². The lowest BCUT2D eigenvalue weighted by atomic mass is 10.2. The molecule has 0 N–H and O–H groups in total. The average Bonchev–Trinajstić information content (AvgIpc) is 2.48. The number of halogens is 2. The zero-order chi connectivity index (χ0) is 13.9. The Hall–Kier alpha value is -2.56. The van der Waals surface area contributed by atoms with Crippen LogP contribution in [0.3, 0.4) is 0 Å². The van der Waals surface area contributed by atoms with Crippen LogP contribution in [-0.2, 0) is 6.61 Å². The Morgan fingerprint density at radius 2 is 1.85 bits per heavy atom. The maximum atomic E-state index is 13.1. The van der Waals surface area contributed by atoms with Gasteiger partial charge in [0.05, 0.1) is 17.2 Å². The number of pyridine rings is 2. The summed E-state index contributed by atoms with van der Waals surface area (Å²) in [6, 6.07) is 9.07. The quantitative estimate of drug-likeness (QED) is 0.732. The summed E-state index contributed by atoms with van der Waals surface area (Å²) in [5.41, 5.74) is 2.04. The minimum Gasteiger partial charge on any atom is -0.487 e. The van der Waals surface area contributed by atoms with E-state index in [1.54, 1.807) is 24.5 Å². The van der Waals surface area contributed by atoms with Gasteiger partial charge in [0.25, 0.3) is 0 Å². The molecule has 0 aliphatic heterocycles. The van der Waals surface area contributed by atoms with E-state index in [-0.39, 0.29) is 6.61 Å². The molecule has 5 heteroatoms. The fourth-order valence-corrected chi connectivity index (χ4v) is 1.81. The first kappa shape index (κ1) is 12.5. The Bertz CT molecular complexity index is 762. The molecule has 3 nitrogen and oxygen atoms in total. The third kappa shape index (κ3) is 2.56. The number of ether oxygens (including phenoxy) is 1. The summed E-state index contributed by atoms with van der Waals surface area (Å²) in [5, 5.41) is 0. The van der Waals surface area contributed by atoms with E-state index in [2.05, 4.69) is 9.97 Å². The van der Waals surface area contributed by atoms with Gasteiger partial charge in [0, 0.05) is 12.3 Å². The molecular formula is C15H10F2N2O. The Morgan fingerprint density at radius 1 is 0.950 bits per heavy atom. The maximum Gasteiger partial charge on any atom is 0.159 e. The molecule has 100 valence electrons. The van der Waals surface area contributed by atoms with E-state index in [1.807, 2.05) is 6.07 Å². The first-order valence-corrected chi connectivity index (χ1v) is 6.00. The van der Waals surface area contributed by atoms with Crippen molar-refractivity contribution < 1.29 is 13.5 Å². The second-order valence-electron chi connectivity index (χ2n) is 4.25. The van der Waals surface area contributed by atoms with Crippen molar-refractivity contribution in [3.63, 3.8) is 0 Å². The van der Waals surface area contributed by atoms with Crippen LogP contribution in [0.1, 0.15) is 5.56 Å². The number of rotatable bonds is 3. The van der Waals surface area contributed by atoms with Crippen molar-refractivity contribution in [2.24, 2.45) is 0 Å². The van der Waals surface area contributed by atoms with Crippen LogP contribution < -0.4 is 4.74 Å². The van der Waals surface area contributed by atoms with E-state index in [9.17, 15) is 8.78 Å². The van der Waals surface area contributed by atoms with E-state index in [0.717, 1.165) is 23.2 Å². The predicted octanol–water partition coefficient (Wildman–Crippen LogP) is 3.49. The Morgan fingerprint density at radius 3 is 2.70 bits per heavy atom. The molecule has 0 saturated heterocycles. The summed E-state index contributed by atoms with van der Waals surface area (Å²) >= 11 is 0. The van der Waals surface area contributed by atoms with Crippen LogP contribution in [0.15, 0.2) is 48.8 Å². The molecule has 3 rings (SSSR count). The summed E-state index contributed by atoms with van der Waals surface area (Å²) in [6.45, 7) is 0.136. The van der Waals surface area contributed by atoms with Crippen molar-refractivity contribution in [2.45, 2.75) is 6.61 Å². The molecule has 0 bridgehead atoms. The van der Waals surface area contributed by atoms with Gasteiger partial charge in [-0.1, -0.05) is 6.07 Å². The highest BCUT2D eigenvalue weighted by Crippen LogP contribution is 2.17. The van der Waals surface area contributed by atoms with Crippen molar-refractivity contribution in [2.75, 3.05) is 0 Å². The number of nitrogens with zero attached hydrogens (tertiary/aromatic N) is 2. The first-order chi connectivity index (χ1) is 9.72. The lowest BCUT2D eigenvalue weighted by Crippen LogP contribution is -1.98.